The number of carbonyl (C=O) groups is 1. The number of anilines is 1. The molecule has 0 bridgehead atoms. The Balaban J connectivity index is 1.53. The maximum Gasteiger partial charge on any atom is 0.255 e. The molecular formula is C23H21N5O4. The lowest BCUT2D eigenvalue weighted by atomic mass is 10.1. The first-order chi connectivity index (χ1) is 15.7. The molecule has 0 spiro atoms. The van der Waals surface area contributed by atoms with Crippen molar-refractivity contribution in [1.82, 2.24) is 20.6 Å². The molecule has 2 aromatic heterocycles. The number of nitrogens with one attached hydrogen (secondary N) is 2. The van der Waals surface area contributed by atoms with Gasteiger partial charge < -0.3 is 14.5 Å². The van der Waals surface area contributed by atoms with Gasteiger partial charge in [-0.1, -0.05) is 19.4 Å². The third kappa shape index (κ3) is 4.72. The van der Waals surface area contributed by atoms with E-state index in [1.165, 1.54) is 6.07 Å². The van der Waals surface area contributed by atoms with Crippen molar-refractivity contribution in [1.29, 1.82) is 0 Å². The van der Waals surface area contributed by atoms with Gasteiger partial charge in [0.2, 0.25) is 5.82 Å². The van der Waals surface area contributed by atoms with Crippen LogP contribution in [0.1, 0.15) is 36.5 Å². The van der Waals surface area contributed by atoms with Crippen LogP contribution in [0, 0.1) is 0 Å². The average Bonchev–Trinajstić information content (AvgIpc) is 3.35. The Morgan fingerprint density at radius 3 is 2.81 bits per heavy atom. The number of hydrogen-bond acceptors (Lipinski definition) is 7. The fraction of sp³-hybridized carbons (Fsp3) is 0.174. The van der Waals surface area contributed by atoms with Gasteiger partial charge >= 0.3 is 0 Å². The lowest BCUT2D eigenvalue weighted by Gasteiger charge is -2.09. The van der Waals surface area contributed by atoms with Crippen LogP contribution in [0.5, 0.6) is 5.75 Å². The Bertz CT molecular complexity index is 1290. The Morgan fingerprint density at radius 2 is 2.06 bits per heavy atom. The van der Waals surface area contributed by atoms with Crippen molar-refractivity contribution in [3.63, 3.8) is 0 Å². The number of aromatic amines is 1. The molecule has 0 saturated carbocycles. The van der Waals surface area contributed by atoms with Crippen molar-refractivity contribution in [2.45, 2.75) is 26.2 Å². The second kappa shape index (κ2) is 9.69. The predicted molar refractivity (Wildman–Crippen MR) is 119 cm³/mol. The molecule has 2 aromatic carbocycles. The third-order valence-corrected chi connectivity index (χ3v) is 4.72. The number of unbranched alkanes of at least 4 members (excludes halogenated alkanes) is 2. The standard InChI is InChI=1S/C23H21N5O4/c1-2-3-4-5-13-31-16-11-9-15(10-12-16)23(30)24-18-8-6-7-17-19(29)14-20(32-21(17)18)22-25-27-28-26-22/h5-14H,2-4H2,1H3,(H,24,30)(H,25,26,27,28). The van der Waals surface area contributed by atoms with E-state index in [-0.39, 0.29) is 28.5 Å². The highest BCUT2D eigenvalue weighted by molar-refractivity contribution is 6.08. The molecule has 0 aliphatic rings. The van der Waals surface area contributed by atoms with Gasteiger partial charge in [-0.25, -0.2) is 5.10 Å². The van der Waals surface area contributed by atoms with Crippen molar-refractivity contribution < 1.29 is 13.9 Å². The number of benzene rings is 2. The molecule has 0 unspecified atom stereocenters. The van der Waals surface area contributed by atoms with Gasteiger partial charge in [-0.2, -0.15) is 0 Å². The van der Waals surface area contributed by atoms with Crippen LogP contribution >= 0.6 is 0 Å². The highest BCUT2D eigenvalue weighted by Gasteiger charge is 2.15. The second-order valence-corrected chi connectivity index (χ2v) is 7.02. The van der Waals surface area contributed by atoms with Crippen LogP contribution in [-0.2, 0) is 0 Å². The van der Waals surface area contributed by atoms with E-state index < -0.39 is 0 Å². The van der Waals surface area contributed by atoms with Gasteiger partial charge in [0, 0.05) is 11.6 Å². The number of carbonyl (C=O) groups excluding carboxylic acids is 1. The summed E-state index contributed by atoms with van der Waals surface area (Å²) in [6.45, 7) is 2.14. The highest BCUT2D eigenvalue weighted by atomic mass is 16.5. The Hall–Kier alpha value is -4.27. The molecule has 0 aliphatic heterocycles. The molecule has 1 amide bonds. The summed E-state index contributed by atoms with van der Waals surface area (Å²) < 4.78 is 11.4. The number of ether oxygens (including phenoxy) is 1. The van der Waals surface area contributed by atoms with Crippen LogP contribution < -0.4 is 15.5 Å². The SMILES string of the molecule is CCCCC=COc1ccc(C(=O)Nc2cccc3c(=O)cc(-c4nnn[nH]4)oc23)cc1. The first-order valence-electron chi connectivity index (χ1n) is 10.2. The van der Waals surface area contributed by atoms with Crippen LogP contribution in [0.25, 0.3) is 22.6 Å². The minimum Gasteiger partial charge on any atom is -0.465 e. The molecule has 2 heterocycles. The number of fused-ring (bicyclic) bond motifs is 1. The molecular weight excluding hydrogens is 410 g/mol. The second-order valence-electron chi connectivity index (χ2n) is 7.02. The van der Waals surface area contributed by atoms with Crippen molar-refractivity contribution in [3.8, 4) is 17.3 Å². The predicted octanol–water partition coefficient (Wildman–Crippen LogP) is 4.31. The third-order valence-electron chi connectivity index (χ3n) is 4.72. The molecule has 9 nitrogen and oxygen atoms in total. The summed E-state index contributed by atoms with van der Waals surface area (Å²) in [5, 5.41) is 16.4. The Labute approximate surface area is 183 Å². The number of tetrazole rings is 1. The minimum absolute atomic E-state index is 0.169. The zero-order valence-electron chi connectivity index (χ0n) is 17.4. The summed E-state index contributed by atoms with van der Waals surface area (Å²) in [5.41, 5.74) is 0.750. The van der Waals surface area contributed by atoms with Crippen molar-refractivity contribution in [3.05, 3.63) is 76.7 Å². The lowest BCUT2D eigenvalue weighted by Crippen LogP contribution is -2.13. The van der Waals surface area contributed by atoms with Gasteiger partial charge in [0.25, 0.3) is 5.91 Å². The first kappa shape index (κ1) is 21.0. The summed E-state index contributed by atoms with van der Waals surface area (Å²) in [6.07, 6.45) is 6.84. The van der Waals surface area contributed by atoms with Crippen molar-refractivity contribution in [2.75, 3.05) is 5.32 Å². The number of rotatable bonds is 8. The van der Waals surface area contributed by atoms with Gasteiger partial charge in [0.15, 0.2) is 16.8 Å². The number of para-hydroxylation sites is 1. The van der Waals surface area contributed by atoms with Gasteiger partial charge in [0.05, 0.1) is 17.3 Å². The summed E-state index contributed by atoms with van der Waals surface area (Å²) in [5.74, 6) is 0.667. The number of nitrogens with zero attached hydrogens (tertiary/aromatic N) is 3. The van der Waals surface area contributed by atoms with Crippen molar-refractivity contribution in [2.24, 2.45) is 0 Å². The molecule has 0 atom stereocenters. The molecule has 4 rings (SSSR count). The van der Waals surface area contributed by atoms with E-state index in [0.29, 0.717) is 22.4 Å². The van der Waals surface area contributed by atoms with E-state index in [4.69, 9.17) is 9.15 Å². The van der Waals surface area contributed by atoms with E-state index in [1.807, 2.05) is 6.08 Å². The van der Waals surface area contributed by atoms with Crippen LogP contribution in [0.3, 0.4) is 0 Å². The van der Waals surface area contributed by atoms with Crippen molar-refractivity contribution >= 4 is 22.6 Å². The topological polar surface area (TPSA) is 123 Å². The summed E-state index contributed by atoms with van der Waals surface area (Å²) in [4.78, 5) is 25.3. The summed E-state index contributed by atoms with van der Waals surface area (Å²) in [7, 11) is 0. The van der Waals surface area contributed by atoms with Crippen LogP contribution in [-0.4, -0.2) is 26.5 Å². The zero-order chi connectivity index (χ0) is 22.3. The molecule has 4 aromatic rings. The van der Waals surface area contributed by atoms with Crippen LogP contribution in [0.15, 0.2) is 70.1 Å². The fourth-order valence-electron chi connectivity index (χ4n) is 3.05. The zero-order valence-corrected chi connectivity index (χ0v) is 17.4. The molecule has 162 valence electrons. The number of hydrogen-bond donors (Lipinski definition) is 2. The molecule has 0 fully saturated rings. The van der Waals surface area contributed by atoms with Gasteiger partial charge in [-0.05, 0) is 65.7 Å². The van der Waals surface area contributed by atoms with E-state index in [9.17, 15) is 9.59 Å². The number of aromatic nitrogens is 4. The van der Waals surface area contributed by atoms with Crippen LogP contribution in [0.4, 0.5) is 5.69 Å². The van der Waals surface area contributed by atoms with E-state index in [1.54, 1.807) is 48.7 Å². The molecule has 2 N–H and O–H groups in total. The number of allylic oxidation sites excluding steroid dienone is 1. The quantitative estimate of drug-likeness (QED) is 0.315. The van der Waals surface area contributed by atoms with E-state index in [0.717, 1.165) is 19.3 Å². The normalized spacial score (nSPS) is 11.2. The monoisotopic (exact) mass is 431 g/mol. The number of H-pyrrole nitrogens is 1. The molecule has 0 aliphatic carbocycles. The number of amides is 1. The maximum absolute atomic E-state index is 12.8. The summed E-state index contributed by atoms with van der Waals surface area (Å²) >= 11 is 0. The Morgan fingerprint density at radius 1 is 1.22 bits per heavy atom. The Kier molecular flexibility index (Phi) is 6.35. The van der Waals surface area contributed by atoms with E-state index >= 15 is 0 Å². The molecule has 32 heavy (non-hydrogen) atoms. The average molecular weight is 431 g/mol. The summed E-state index contributed by atoms with van der Waals surface area (Å²) in [6, 6.07) is 13.0. The molecule has 9 heteroatoms. The fourth-order valence-corrected chi connectivity index (χ4v) is 3.05. The highest BCUT2D eigenvalue weighted by Crippen LogP contribution is 2.26. The van der Waals surface area contributed by atoms with Crippen LogP contribution in [0.2, 0.25) is 0 Å². The van der Waals surface area contributed by atoms with Gasteiger partial charge in [-0.3, -0.25) is 9.59 Å². The largest absolute Gasteiger partial charge is 0.465 e. The first-order valence-corrected chi connectivity index (χ1v) is 10.2. The van der Waals surface area contributed by atoms with E-state index in [2.05, 4.69) is 32.9 Å². The maximum atomic E-state index is 12.8. The lowest BCUT2D eigenvalue weighted by molar-refractivity contribution is 0.102. The van der Waals surface area contributed by atoms with Gasteiger partial charge in [0.1, 0.15) is 5.75 Å². The molecule has 0 radical (unpaired) electrons. The smallest absolute Gasteiger partial charge is 0.255 e. The minimum atomic E-state index is -0.350. The molecule has 0 saturated heterocycles. The van der Waals surface area contributed by atoms with Gasteiger partial charge in [-0.15, -0.1) is 5.10 Å².